The largest absolute Gasteiger partial charge is 0.368 e. The van der Waals surface area contributed by atoms with E-state index in [4.69, 9.17) is 11.5 Å². The summed E-state index contributed by atoms with van der Waals surface area (Å²) in [4.78, 5) is 35.3. The maximum Gasteiger partial charge on any atom is 0.243 e. The smallest absolute Gasteiger partial charge is 0.243 e. The average molecular weight is 381 g/mol. The summed E-state index contributed by atoms with van der Waals surface area (Å²) in [7, 11) is 0. The Morgan fingerprint density at radius 3 is 2.35 bits per heavy atom. The van der Waals surface area contributed by atoms with E-state index in [0.29, 0.717) is 12.2 Å². The van der Waals surface area contributed by atoms with Gasteiger partial charge in [0, 0.05) is 11.5 Å². The number of carbonyl (C=O) groups excluding carboxylic acids is 3. The summed E-state index contributed by atoms with van der Waals surface area (Å²) in [6.45, 7) is 3.62. The monoisotopic (exact) mass is 380 g/mol. The van der Waals surface area contributed by atoms with Crippen LogP contribution in [-0.2, 0) is 20.1 Å². The minimum absolute atomic E-state index is 0.184. The summed E-state index contributed by atoms with van der Waals surface area (Å²) < 4.78 is 0. The van der Waals surface area contributed by atoms with E-state index in [1.807, 2.05) is 44.2 Å². The molecular formula is C18H28N4O3S. The van der Waals surface area contributed by atoms with Gasteiger partial charge in [0.05, 0.1) is 12.6 Å². The Morgan fingerprint density at radius 2 is 1.77 bits per heavy atom. The van der Waals surface area contributed by atoms with Crippen molar-refractivity contribution in [2.24, 2.45) is 17.4 Å². The lowest BCUT2D eigenvalue weighted by molar-refractivity contribution is -0.130. The summed E-state index contributed by atoms with van der Waals surface area (Å²) in [5.41, 5.74) is 12.1. The molecule has 0 fully saturated rings. The van der Waals surface area contributed by atoms with Gasteiger partial charge in [0.15, 0.2) is 0 Å². The molecule has 1 rings (SSSR count). The van der Waals surface area contributed by atoms with Crippen molar-refractivity contribution in [2.75, 3.05) is 12.3 Å². The zero-order chi connectivity index (χ0) is 19.5. The van der Waals surface area contributed by atoms with Crippen molar-refractivity contribution < 1.29 is 14.4 Å². The van der Waals surface area contributed by atoms with Crippen molar-refractivity contribution in [3.63, 3.8) is 0 Å². The van der Waals surface area contributed by atoms with Crippen LogP contribution in [-0.4, -0.2) is 42.1 Å². The molecule has 6 N–H and O–H groups in total. The van der Waals surface area contributed by atoms with E-state index in [1.165, 1.54) is 0 Å². The van der Waals surface area contributed by atoms with Gasteiger partial charge >= 0.3 is 0 Å². The predicted octanol–water partition coefficient (Wildman–Crippen LogP) is 0.380. The van der Waals surface area contributed by atoms with Crippen molar-refractivity contribution in [3.8, 4) is 0 Å². The van der Waals surface area contributed by atoms with Gasteiger partial charge in [-0.25, -0.2) is 0 Å². The Morgan fingerprint density at radius 1 is 1.12 bits per heavy atom. The van der Waals surface area contributed by atoms with E-state index in [-0.39, 0.29) is 18.4 Å². The first kappa shape index (κ1) is 22.0. The van der Waals surface area contributed by atoms with Crippen molar-refractivity contribution in [3.05, 3.63) is 35.9 Å². The Hall–Kier alpha value is -2.06. The molecule has 0 saturated carbocycles. The quantitative estimate of drug-likeness (QED) is 0.441. The van der Waals surface area contributed by atoms with Crippen LogP contribution in [0.3, 0.4) is 0 Å². The van der Waals surface area contributed by atoms with E-state index in [9.17, 15) is 14.4 Å². The van der Waals surface area contributed by atoms with Gasteiger partial charge in [0.1, 0.15) is 6.04 Å². The summed E-state index contributed by atoms with van der Waals surface area (Å²) in [6, 6.07) is 8.44. The van der Waals surface area contributed by atoms with Gasteiger partial charge in [0.2, 0.25) is 17.7 Å². The highest BCUT2D eigenvalue weighted by Gasteiger charge is 2.24. The van der Waals surface area contributed by atoms with Gasteiger partial charge in [-0.05, 0) is 17.9 Å². The Kier molecular flexibility index (Phi) is 9.75. The third-order valence-corrected chi connectivity index (χ3v) is 4.65. The predicted molar refractivity (Wildman–Crippen MR) is 104 cm³/mol. The SMILES string of the molecule is CC(C)C[C@H](NC(=O)[C@@H](N)CSCc1ccccc1)C(=O)NCC(N)=O. The van der Waals surface area contributed by atoms with E-state index in [0.717, 1.165) is 11.3 Å². The first-order valence-electron chi connectivity index (χ1n) is 8.53. The minimum atomic E-state index is -0.743. The molecule has 1 aromatic rings. The lowest BCUT2D eigenvalue weighted by atomic mass is 10.0. The fourth-order valence-corrected chi connectivity index (χ4v) is 3.18. The topological polar surface area (TPSA) is 127 Å². The van der Waals surface area contributed by atoms with Gasteiger partial charge in [-0.2, -0.15) is 11.8 Å². The normalized spacial score (nSPS) is 13.1. The van der Waals surface area contributed by atoms with Gasteiger partial charge in [-0.3, -0.25) is 14.4 Å². The minimum Gasteiger partial charge on any atom is -0.368 e. The molecule has 0 heterocycles. The van der Waals surface area contributed by atoms with Crippen LogP contribution in [0.1, 0.15) is 25.8 Å². The summed E-state index contributed by atoms with van der Waals surface area (Å²) in [5.74, 6) is -0.0697. The number of primary amides is 1. The number of hydrogen-bond acceptors (Lipinski definition) is 5. The molecule has 0 aromatic heterocycles. The third-order valence-electron chi connectivity index (χ3n) is 3.52. The van der Waals surface area contributed by atoms with Crippen LogP contribution in [0.15, 0.2) is 30.3 Å². The number of rotatable bonds is 11. The van der Waals surface area contributed by atoms with Crippen molar-refractivity contribution in [1.29, 1.82) is 0 Å². The summed E-state index contributed by atoms with van der Waals surface area (Å²) in [5, 5.41) is 5.10. The molecule has 0 radical (unpaired) electrons. The first-order chi connectivity index (χ1) is 12.3. The van der Waals surface area contributed by atoms with Crippen LogP contribution in [0.4, 0.5) is 0 Å². The molecule has 3 amide bonds. The zero-order valence-corrected chi connectivity index (χ0v) is 16.1. The molecule has 0 aliphatic heterocycles. The standard InChI is InChI=1S/C18H28N4O3S/c1-12(2)8-15(18(25)21-9-16(20)23)22-17(24)14(19)11-26-10-13-6-4-3-5-7-13/h3-7,12,14-15H,8-11,19H2,1-2H3,(H2,20,23)(H,21,25)(H,22,24)/t14-,15-/m0/s1. The number of benzene rings is 1. The van der Waals surface area contributed by atoms with E-state index < -0.39 is 23.9 Å². The number of amides is 3. The molecule has 0 aliphatic rings. The molecule has 0 bridgehead atoms. The van der Waals surface area contributed by atoms with E-state index >= 15 is 0 Å². The molecule has 0 aliphatic carbocycles. The van der Waals surface area contributed by atoms with Crippen LogP contribution >= 0.6 is 11.8 Å². The molecule has 2 atom stereocenters. The van der Waals surface area contributed by atoms with E-state index in [2.05, 4.69) is 10.6 Å². The van der Waals surface area contributed by atoms with Gasteiger partial charge in [0.25, 0.3) is 0 Å². The second-order valence-corrected chi connectivity index (χ2v) is 7.51. The molecule has 7 nitrogen and oxygen atoms in total. The van der Waals surface area contributed by atoms with Crippen molar-refractivity contribution in [2.45, 2.75) is 38.1 Å². The van der Waals surface area contributed by atoms with Crippen LogP contribution in [0.25, 0.3) is 0 Å². The van der Waals surface area contributed by atoms with Crippen LogP contribution in [0, 0.1) is 5.92 Å². The number of nitrogens with two attached hydrogens (primary N) is 2. The molecule has 8 heteroatoms. The Labute approximate surface area is 158 Å². The molecule has 0 unspecified atom stereocenters. The van der Waals surface area contributed by atoms with Crippen LogP contribution in [0.5, 0.6) is 0 Å². The lowest BCUT2D eigenvalue weighted by Gasteiger charge is -2.21. The Balaban J connectivity index is 2.49. The number of carbonyl (C=O) groups is 3. The van der Waals surface area contributed by atoms with Gasteiger partial charge < -0.3 is 22.1 Å². The average Bonchev–Trinajstić information content (AvgIpc) is 2.59. The second kappa shape index (κ2) is 11.5. The number of hydrogen-bond donors (Lipinski definition) is 4. The zero-order valence-electron chi connectivity index (χ0n) is 15.2. The summed E-state index contributed by atoms with van der Waals surface area (Å²) in [6.07, 6.45) is 0.445. The molecule has 26 heavy (non-hydrogen) atoms. The molecule has 0 saturated heterocycles. The summed E-state index contributed by atoms with van der Waals surface area (Å²) >= 11 is 1.56. The lowest BCUT2D eigenvalue weighted by Crippen LogP contribution is -2.53. The van der Waals surface area contributed by atoms with E-state index in [1.54, 1.807) is 11.8 Å². The highest BCUT2D eigenvalue weighted by atomic mass is 32.2. The fourth-order valence-electron chi connectivity index (χ4n) is 2.23. The number of nitrogens with one attached hydrogen (secondary N) is 2. The molecular weight excluding hydrogens is 352 g/mol. The highest BCUT2D eigenvalue weighted by Crippen LogP contribution is 2.12. The van der Waals surface area contributed by atoms with Crippen LogP contribution < -0.4 is 22.1 Å². The maximum atomic E-state index is 12.3. The maximum absolute atomic E-state index is 12.3. The molecule has 0 spiro atoms. The fraction of sp³-hybridized carbons (Fsp3) is 0.500. The van der Waals surface area contributed by atoms with Crippen LogP contribution in [0.2, 0.25) is 0 Å². The molecule has 144 valence electrons. The van der Waals surface area contributed by atoms with Crippen molar-refractivity contribution in [1.82, 2.24) is 10.6 Å². The van der Waals surface area contributed by atoms with Gasteiger partial charge in [-0.15, -0.1) is 0 Å². The first-order valence-corrected chi connectivity index (χ1v) is 9.68. The molecule has 1 aromatic carbocycles. The van der Waals surface area contributed by atoms with Gasteiger partial charge in [-0.1, -0.05) is 44.2 Å². The van der Waals surface area contributed by atoms with Crippen molar-refractivity contribution >= 4 is 29.5 Å². The number of thioether (sulfide) groups is 1. The highest BCUT2D eigenvalue weighted by molar-refractivity contribution is 7.98. The third kappa shape index (κ3) is 8.87. The Bertz CT molecular complexity index is 595. The second-order valence-electron chi connectivity index (χ2n) is 6.48.